The number of carbonyl (C=O) groups is 6. The van der Waals surface area contributed by atoms with E-state index in [0.29, 0.717) is 24.8 Å². The summed E-state index contributed by atoms with van der Waals surface area (Å²) in [6, 6.07) is 0.136. The van der Waals surface area contributed by atoms with Crippen LogP contribution in [0.3, 0.4) is 0 Å². The number of hydrogen-bond donors (Lipinski definition) is 4. The monoisotopic (exact) mass is 610 g/mol. The number of hydrogen-bond acceptors (Lipinski definition) is 7. The first-order valence-corrected chi connectivity index (χ1v) is 15.9. The number of aromatic nitrogens is 1. The lowest BCUT2D eigenvalue weighted by molar-refractivity contribution is -0.147. The molecule has 4 N–H and O–H groups in total. The van der Waals surface area contributed by atoms with Crippen LogP contribution in [-0.2, 0) is 24.0 Å². The molecule has 0 spiro atoms. The Balaban J connectivity index is 1.49. The van der Waals surface area contributed by atoms with Gasteiger partial charge in [-0.05, 0) is 62.0 Å². The molecule has 0 unspecified atom stereocenters. The molecule has 1 aromatic rings. The Kier molecular flexibility index (Phi) is 10.7. The molecule has 2 aliphatic carbocycles. The number of nitrogens with one attached hydrogen (secondary N) is 4. The van der Waals surface area contributed by atoms with Crippen LogP contribution in [0.2, 0.25) is 0 Å². The largest absolute Gasteiger partial charge is 0.347 e. The standard InChI is InChI=1S/C32H46N6O6/c1-5-8-22(26(40)30(43)35-21-11-12-21)36-29(42)24-17-20-9-6-7-10-23(20)38(24)31(44)27(32(2,3)4)37-25(39)18-34-28(41)19-13-15-33-16-14-19/h13-16,20-24,27H,5-12,17-18H2,1-4H3,(H,34,41)(H,35,43)(H,36,42)(H,37,39)/t20-,22-,23-,24-,27+/m0/s1. The van der Waals surface area contributed by atoms with Gasteiger partial charge in [0.05, 0.1) is 12.6 Å². The number of likely N-dealkylation sites (tertiary alicyclic amines) is 1. The van der Waals surface area contributed by atoms with Crippen LogP contribution in [0, 0.1) is 11.3 Å². The van der Waals surface area contributed by atoms with Crippen LogP contribution in [0.5, 0.6) is 0 Å². The molecule has 240 valence electrons. The highest BCUT2D eigenvalue weighted by atomic mass is 16.2. The van der Waals surface area contributed by atoms with E-state index in [-0.39, 0.29) is 30.5 Å². The summed E-state index contributed by atoms with van der Waals surface area (Å²) >= 11 is 0. The first kappa shape index (κ1) is 33.1. The van der Waals surface area contributed by atoms with E-state index in [0.717, 1.165) is 38.5 Å². The van der Waals surface area contributed by atoms with E-state index in [1.165, 1.54) is 24.5 Å². The van der Waals surface area contributed by atoms with E-state index in [4.69, 9.17) is 0 Å². The van der Waals surface area contributed by atoms with Crippen LogP contribution >= 0.6 is 0 Å². The smallest absolute Gasteiger partial charge is 0.289 e. The molecule has 5 atom stereocenters. The summed E-state index contributed by atoms with van der Waals surface area (Å²) in [5, 5.41) is 10.9. The van der Waals surface area contributed by atoms with E-state index < -0.39 is 53.0 Å². The van der Waals surface area contributed by atoms with Crippen molar-refractivity contribution in [2.45, 2.75) is 116 Å². The lowest BCUT2D eigenvalue weighted by Gasteiger charge is -2.39. The molecular formula is C32H46N6O6. The summed E-state index contributed by atoms with van der Waals surface area (Å²) in [5.41, 5.74) is -0.354. The molecule has 12 heteroatoms. The van der Waals surface area contributed by atoms with Crippen molar-refractivity contribution in [3.63, 3.8) is 0 Å². The minimum atomic E-state index is -0.979. The lowest BCUT2D eigenvalue weighted by Crippen LogP contribution is -2.61. The second-order valence-electron chi connectivity index (χ2n) is 13.4. The minimum absolute atomic E-state index is 0.0176. The van der Waals surface area contributed by atoms with Crippen molar-refractivity contribution in [1.29, 1.82) is 0 Å². The summed E-state index contributed by atoms with van der Waals surface area (Å²) in [6.45, 7) is 7.05. The van der Waals surface area contributed by atoms with E-state index in [1.807, 2.05) is 27.7 Å². The second kappa shape index (κ2) is 14.3. The number of ketones is 1. The van der Waals surface area contributed by atoms with Gasteiger partial charge in [0.15, 0.2) is 0 Å². The number of nitrogens with zero attached hydrogens (tertiary/aromatic N) is 2. The molecule has 4 rings (SSSR count). The molecule has 3 fully saturated rings. The molecule has 1 aliphatic heterocycles. The Bertz CT molecular complexity index is 1240. The molecule has 0 radical (unpaired) electrons. The number of Topliss-reactive ketones (excluding diaryl/α,β-unsaturated/α-hetero) is 1. The molecule has 1 aromatic heterocycles. The maximum atomic E-state index is 14.3. The van der Waals surface area contributed by atoms with Crippen LogP contribution < -0.4 is 21.3 Å². The average Bonchev–Trinajstić information content (AvgIpc) is 3.73. The van der Waals surface area contributed by atoms with Gasteiger partial charge < -0.3 is 26.2 Å². The van der Waals surface area contributed by atoms with Gasteiger partial charge in [-0.1, -0.05) is 47.0 Å². The molecule has 2 heterocycles. The topological polar surface area (TPSA) is 167 Å². The van der Waals surface area contributed by atoms with Crippen LogP contribution in [0.15, 0.2) is 24.5 Å². The van der Waals surface area contributed by atoms with Gasteiger partial charge >= 0.3 is 0 Å². The van der Waals surface area contributed by atoms with Crippen molar-refractivity contribution in [1.82, 2.24) is 31.2 Å². The molecule has 5 amide bonds. The first-order chi connectivity index (χ1) is 20.9. The highest BCUT2D eigenvalue weighted by Crippen LogP contribution is 2.41. The van der Waals surface area contributed by atoms with Crippen molar-refractivity contribution in [2.75, 3.05) is 6.54 Å². The van der Waals surface area contributed by atoms with Crippen LogP contribution in [0.4, 0.5) is 0 Å². The molecule has 44 heavy (non-hydrogen) atoms. The molecule has 0 aromatic carbocycles. The highest BCUT2D eigenvalue weighted by Gasteiger charge is 2.51. The van der Waals surface area contributed by atoms with Crippen molar-refractivity contribution in [2.24, 2.45) is 11.3 Å². The third-order valence-corrected chi connectivity index (χ3v) is 8.76. The summed E-state index contributed by atoms with van der Waals surface area (Å²) in [4.78, 5) is 84.7. The summed E-state index contributed by atoms with van der Waals surface area (Å²) in [7, 11) is 0. The fraction of sp³-hybridized carbons (Fsp3) is 0.656. The third kappa shape index (κ3) is 8.21. The Morgan fingerprint density at radius 3 is 2.30 bits per heavy atom. The number of pyridine rings is 1. The molecule has 1 saturated heterocycles. The van der Waals surface area contributed by atoms with Crippen LogP contribution in [-0.4, -0.2) is 82.0 Å². The van der Waals surface area contributed by atoms with Gasteiger partial charge in [0.25, 0.3) is 11.8 Å². The molecule has 12 nitrogen and oxygen atoms in total. The van der Waals surface area contributed by atoms with E-state index in [2.05, 4.69) is 26.3 Å². The van der Waals surface area contributed by atoms with Crippen molar-refractivity contribution >= 4 is 35.3 Å². The Morgan fingerprint density at radius 1 is 0.977 bits per heavy atom. The normalized spacial score (nSPS) is 22.6. The zero-order chi connectivity index (χ0) is 32.0. The predicted molar refractivity (Wildman–Crippen MR) is 162 cm³/mol. The van der Waals surface area contributed by atoms with Gasteiger partial charge in [0, 0.05) is 30.0 Å². The Labute approximate surface area is 258 Å². The number of rotatable bonds is 12. The summed E-state index contributed by atoms with van der Waals surface area (Å²) in [5.74, 6) is -3.04. The highest BCUT2D eigenvalue weighted by molar-refractivity contribution is 6.38. The van der Waals surface area contributed by atoms with Gasteiger partial charge in [-0.3, -0.25) is 33.8 Å². The lowest BCUT2D eigenvalue weighted by atomic mass is 9.83. The Hall–Kier alpha value is -3.83. The zero-order valence-electron chi connectivity index (χ0n) is 26.2. The van der Waals surface area contributed by atoms with E-state index >= 15 is 0 Å². The minimum Gasteiger partial charge on any atom is -0.347 e. The quantitative estimate of drug-likeness (QED) is 0.261. The zero-order valence-corrected chi connectivity index (χ0v) is 26.2. The Morgan fingerprint density at radius 2 is 1.66 bits per heavy atom. The van der Waals surface area contributed by atoms with Crippen LogP contribution in [0.1, 0.15) is 95.8 Å². The first-order valence-electron chi connectivity index (χ1n) is 15.9. The number of fused-ring (bicyclic) bond motifs is 1. The molecule has 3 aliphatic rings. The van der Waals surface area contributed by atoms with Gasteiger partial charge in [0.2, 0.25) is 23.5 Å². The predicted octanol–water partition coefficient (Wildman–Crippen LogP) is 1.63. The van der Waals surface area contributed by atoms with Gasteiger partial charge in [-0.15, -0.1) is 0 Å². The second-order valence-corrected chi connectivity index (χ2v) is 13.4. The third-order valence-electron chi connectivity index (χ3n) is 8.76. The SMILES string of the molecule is CCC[C@H](NC(=O)[C@@H]1C[C@@H]2CCCC[C@@H]2N1C(=O)[C@@H](NC(=O)CNC(=O)c1ccncc1)C(C)(C)C)C(=O)C(=O)NC1CC1. The fourth-order valence-electron chi connectivity index (χ4n) is 6.25. The summed E-state index contributed by atoms with van der Waals surface area (Å²) in [6.07, 6.45) is 9.54. The average molecular weight is 611 g/mol. The van der Waals surface area contributed by atoms with Gasteiger partial charge in [0.1, 0.15) is 12.1 Å². The molecular weight excluding hydrogens is 564 g/mol. The van der Waals surface area contributed by atoms with Crippen molar-refractivity contribution in [3.05, 3.63) is 30.1 Å². The van der Waals surface area contributed by atoms with Crippen molar-refractivity contribution < 1.29 is 28.8 Å². The van der Waals surface area contributed by atoms with E-state index in [1.54, 1.807) is 4.90 Å². The maximum Gasteiger partial charge on any atom is 0.289 e. The van der Waals surface area contributed by atoms with E-state index in [9.17, 15) is 28.8 Å². The molecule has 0 bridgehead atoms. The number of amides is 5. The summed E-state index contributed by atoms with van der Waals surface area (Å²) < 4.78 is 0. The maximum absolute atomic E-state index is 14.3. The fourth-order valence-corrected chi connectivity index (χ4v) is 6.25. The van der Waals surface area contributed by atoms with Gasteiger partial charge in [-0.25, -0.2) is 0 Å². The van der Waals surface area contributed by atoms with Gasteiger partial charge in [-0.2, -0.15) is 0 Å². The number of carbonyl (C=O) groups excluding carboxylic acids is 6. The molecule has 2 saturated carbocycles. The van der Waals surface area contributed by atoms with Crippen molar-refractivity contribution in [3.8, 4) is 0 Å². The van der Waals surface area contributed by atoms with Crippen LogP contribution in [0.25, 0.3) is 0 Å².